The lowest BCUT2D eigenvalue weighted by atomic mass is 10.1. The average molecular weight is 458 g/mol. The van der Waals surface area contributed by atoms with Gasteiger partial charge in [0.05, 0.1) is 11.7 Å². The van der Waals surface area contributed by atoms with Crippen molar-refractivity contribution < 1.29 is 33.5 Å². The highest BCUT2D eigenvalue weighted by molar-refractivity contribution is 6.02. The summed E-state index contributed by atoms with van der Waals surface area (Å²) in [6.45, 7) is 2.34. The molecule has 0 spiro atoms. The number of carboxylic acid groups (broad SMARTS) is 1. The third-order valence-corrected chi connectivity index (χ3v) is 5.02. The van der Waals surface area contributed by atoms with E-state index in [1.807, 2.05) is 0 Å². The molecule has 0 radical (unpaired) electrons. The Morgan fingerprint density at radius 1 is 1.18 bits per heavy atom. The van der Waals surface area contributed by atoms with Gasteiger partial charge in [-0.3, -0.25) is 14.4 Å². The highest BCUT2D eigenvalue weighted by Crippen LogP contribution is 2.19. The number of ether oxygens (including phenoxy) is 1. The van der Waals surface area contributed by atoms with E-state index in [4.69, 9.17) is 9.26 Å². The number of nitrogens with one attached hydrogen (secondary N) is 2. The first-order valence-electron chi connectivity index (χ1n) is 10.6. The maximum Gasteiger partial charge on any atom is 0.335 e. The number of aromatic carboxylic acids is 1. The van der Waals surface area contributed by atoms with E-state index in [2.05, 4.69) is 15.8 Å². The summed E-state index contributed by atoms with van der Waals surface area (Å²) in [4.78, 5) is 50.1. The van der Waals surface area contributed by atoms with Crippen LogP contribution in [0.2, 0.25) is 0 Å². The molecule has 11 heteroatoms. The van der Waals surface area contributed by atoms with Gasteiger partial charge in [-0.15, -0.1) is 0 Å². The summed E-state index contributed by atoms with van der Waals surface area (Å²) < 4.78 is 10.4. The largest absolute Gasteiger partial charge is 0.478 e. The van der Waals surface area contributed by atoms with Gasteiger partial charge in [0.25, 0.3) is 0 Å². The monoisotopic (exact) mass is 458 g/mol. The second-order valence-corrected chi connectivity index (χ2v) is 7.65. The first-order chi connectivity index (χ1) is 15.8. The zero-order valence-electron chi connectivity index (χ0n) is 18.2. The molecule has 1 aliphatic heterocycles. The topological polar surface area (TPSA) is 151 Å². The van der Waals surface area contributed by atoms with Crippen molar-refractivity contribution in [3.63, 3.8) is 0 Å². The molecule has 3 rings (SSSR count). The third-order valence-electron chi connectivity index (χ3n) is 5.02. The van der Waals surface area contributed by atoms with E-state index in [9.17, 15) is 24.3 Å². The molecule has 1 unspecified atom stereocenters. The summed E-state index contributed by atoms with van der Waals surface area (Å²) in [7, 11) is 0. The van der Waals surface area contributed by atoms with Crippen LogP contribution in [0, 0.1) is 6.92 Å². The number of rotatable bonds is 10. The number of nitrogens with zero attached hydrogens (tertiary/aromatic N) is 2. The van der Waals surface area contributed by atoms with E-state index in [1.165, 1.54) is 29.2 Å². The number of aromatic nitrogens is 1. The van der Waals surface area contributed by atoms with Crippen LogP contribution >= 0.6 is 0 Å². The van der Waals surface area contributed by atoms with Gasteiger partial charge < -0.3 is 29.9 Å². The van der Waals surface area contributed by atoms with Crippen molar-refractivity contribution in [3.8, 4) is 0 Å². The molecule has 2 heterocycles. The van der Waals surface area contributed by atoms with Crippen molar-refractivity contribution in [1.82, 2.24) is 10.5 Å². The number of benzene rings is 1. The molecule has 0 bridgehead atoms. The minimum atomic E-state index is -1.16. The van der Waals surface area contributed by atoms with Crippen LogP contribution in [0.5, 0.6) is 0 Å². The maximum absolute atomic E-state index is 12.9. The number of hydrogen-bond acceptors (Lipinski definition) is 7. The summed E-state index contributed by atoms with van der Waals surface area (Å²) >= 11 is 0. The van der Waals surface area contributed by atoms with Gasteiger partial charge in [-0.1, -0.05) is 11.2 Å². The number of aryl methyl sites for hydroxylation is 1. The second-order valence-electron chi connectivity index (χ2n) is 7.65. The Morgan fingerprint density at radius 3 is 2.67 bits per heavy atom. The van der Waals surface area contributed by atoms with Crippen molar-refractivity contribution in [2.24, 2.45) is 0 Å². The SMILES string of the molecule is Cc1cc(NC(=O)CCC(=O)N(CC(=O)NCC2CCCO2)c2cccc(C(=O)O)c2)no1. The second kappa shape index (κ2) is 11.2. The first kappa shape index (κ1) is 23.9. The molecule has 1 aliphatic rings. The standard InChI is InChI=1S/C22H26N4O7/c1-14-10-18(25-33-14)24-19(27)7-8-21(29)26(16-5-2-4-15(11-16)22(30)31)13-20(28)23-12-17-6-3-9-32-17/h2,4-5,10-11,17H,3,6-9,12-13H2,1H3,(H,23,28)(H,30,31)(H,24,25,27). The van der Waals surface area contributed by atoms with Gasteiger partial charge in [-0.25, -0.2) is 4.79 Å². The third kappa shape index (κ3) is 7.14. The lowest BCUT2D eigenvalue weighted by Crippen LogP contribution is -2.43. The maximum atomic E-state index is 12.9. The van der Waals surface area contributed by atoms with E-state index in [1.54, 1.807) is 13.0 Å². The molecule has 1 saturated heterocycles. The van der Waals surface area contributed by atoms with Crippen LogP contribution in [0.4, 0.5) is 11.5 Å². The summed E-state index contributed by atoms with van der Waals surface area (Å²) in [6.07, 6.45) is 1.38. The van der Waals surface area contributed by atoms with E-state index in [-0.39, 0.29) is 42.6 Å². The van der Waals surface area contributed by atoms with E-state index < -0.39 is 23.7 Å². The van der Waals surface area contributed by atoms with Crippen LogP contribution in [-0.4, -0.2) is 59.8 Å². The summed E-state index contributed by atoms with van der Waals surface area (Å²) in [5, 5.41) is 18.2. The molecule has 1 aromatic carbocycles. The van der Waals surface area contributed by atoms with Gasteiger partial charge in [0.15, 0.2) is 5.82 Å². The molecule has 1 atom stereocenters. The Bertz CT molecular complexity index is 1010. The van der Waals surface area contributed by atoms with E-state index >= 15 is 0 Å². The van der Waals surface area contributed by atoms with Gasteiger partial charge in [-0.2, -0.15) is 0 Å². The Kier molecular flexibility index (Phi) is 8.14. The lowest BCUT2D eigenvalue weighted by molar-refractivity contribution is -0.125. The fourth-order valence-electron chi connectivity index (χ4n) is 3.35. The van der Waals surface area contributed by atoms with Gasteiger partial charge in [0.2, 0.25) is 17.7 Å². The van der Waals surface area contributed by atoms with Crippen molar-refractivity contribution in [3.05, 3.63) is 41.7 Å². The quantitative estimate of drug-likeness (QED) is 0.487. The van der Waals surface area contributed by atoms with Crippen molar-refractivity contribution in [1.29, 1.82) is 0 Å². The van der Waals surface area contributed by atoms with Crippen LogP contribution in [0.15, 0.2) is 34.9 Å². The zero-order chi connectivity index (χ0) is 23.8. The van der Waals surface area contributed by atoms with Gasteiger partial charge in [0.1, 0.15) is 12.3 Å². The number of hydrogen-bond donors (Lipinski definition) is 3. The lowest BCUT2D eigenvalue weighted by Gasteiger charge is -2.23. The molecule has 11 nitrogen and oxygen atoms in total. The zero-order valence-corrected chi connectivity index (χ0v) is 18.2. The van der Waals surface area contributed by atoms with Crippen molar-refractivity contribution in [2.45, 2.75) is 38.7 Å². The normalized spacial score (nSPS) is 15.1. The Labute approximate surface area is 190 Å². The highest BCUT2D eigenvalue weighted by atomic mass is 16.5. The molecule has 176 valence electrons. The molecule has 3 N–H and O–H groups in total. The Hall–Kier alpha value is -3.73. The molecule has 33 heavy (non-hydrogen) atoms. The molecule has 1 aromatic heterocycles. The molecule has 0 saturated carbocycles. The minimum Gasteiger partial charge on any atom is -0.478 e. The fraction of sp³-hybridized carbons (Fsp3) is 0.409. The molecule has 0 aliphatic carbocycles. The number of anilines is 2. The van der Waals surface area contributed by atoms with Gasteiger partial charge >= 0.3 is 5.97 Å². The van der Waals surface area contributed by atoms with E-state index in [0.29, 0.717) is 18.9 Å². The van der Waals surface area contributed by atoms with Crippen LogP contribution in [-0.2, 0) is 19.1 Å². The van der Waals surface area contributed by atoms with E-state index in [0.717, 1.165) is 12.8 Å². The summed E-state index contributed by atoms with van der Waals surface area (Å²) in [5.74, 6) is -1.75. The molecular formula is C22H26N4O7. The van der Waals surface area contributed by atoms with Crippen molar-refractivity contribution in [2.75, 3.05) is 29.9 Å². The van der Waals surface area contributed by atoms with Crippen LogP contribution in [0.3, 0.4) is 0 Å². The minimum absolute atomic E-state index is 0.0239. The predicted octanol–water partition coefficient (Wildman–Crippen LogP) is 1.73. The number of carbonyl (C=O) groups excluding carboxylic acids is 3. The predicted molar refractivity (Wildman–Crippen MR) is 117 cm³/mol. The molecule has 1 fully saturated rings. The molecule has 2 aromatic rings. The summed E-state index contributed by atoms with van der Waals surface area (Å²) in [5.41, 5.74) is 0.226. The Morgan fingerprint density at radius 2 is 2.00 bits per heavy atom. The fourth-order valence-corrected chi connectivity index (χ4v) is 3.35. The van der Waals surface area contributed by atoms with Gasteiger partial charge in [0, 0.05) is 37.7 Å². The molecular weight excluding hydrogens is 432 g/mol. The summed E-state index contributed by atoms with van der Waals surface area (Å²) in [6, 6.07) is 7.27. The number of carboxylic acids is 1. The van der Waals surface area contributed by atoms with Gasteiger partial charge in [-0.05, 0) is 38.0 Å². The average Bonchev–Trinajstić information content (AvgIpc) is 3.46. The molecule has 3 amide bonds. The first-order valence-corrected chi connectivity index (χ1v) is 10.6. The van der Waals surface area contributed by atoms with Crippen LogP contribution in [0.25, 0.3) is 0 Å². The Balaban J connectivity index is 1.65. The highest BCUT2D eigenvalue weighted by Gasteiger charge is 2.23. The van der Waals surface area contributed by atoms with Crippen LogP contribution < -0.4 is 15.5 Å². The smallest absolute Gasteiger partial charge is 0.335 e. The van der Waals surface area contributed by atoms with Crippen LogP contribution in [0.1, 0.15) is 41.8 Å². The number of amides is 3. The van der Waals surface area contributed by atoms with Crippen molar-refractivity contribution >= 4 is 35.2 Å². The number of carbonyl (C=O) groups is 4.